The van der Waals surface area contributed by atoms with Crippen LogP contribution in [0.15, 0.2) is 48.7 Å². The molecule has 0 radical (unpaired) electrons. The highest BCUT2D eigenvalue weighted by atomic mass is 16.5. The third-order valence-electron chi connectivity index (χ3n) is 4.84. The van der Waals surface area contributed by atoms with E-state index >= 15 is 0 Å². The number of hydrogen-bond donors (Lipinski definition) is 1. The van der Waals surface area contributed by atoms with Crippen molar-refractivity contribution in [1.82, 2.24) is 19.7 Å². The summed E-state index contributed by atoms with van der Waals surface area (Å²) in [6.45, 7) is 7.03. The summed E-state index contributed by atoms with van der Waals surface area (Å²) in [5, 5.41) is 2.81. The Kier molecular flexibility index (Phi) is 9.94. The summed E-state index contributed by atoms with van der Waals surface area (Å²) < 4.78 is 7.39. The summed E-state index contributed by atoms with van der Waals surface area (Å²) in [5.74, 6) is -0.0808. The molecule has 30 heavy (non-hydrogen) atoms. The lowest BCUT2D eigenvalue weighted by molar-refractivity contribution is -0.133. The molecule has 7 nitrogen and oxygen atoms in total. The molecule has 0 bridgehead atoms. The van der Waals surface area contributed by atoms with Crippen LogP contribution >= 0.6 is 0 Å². The molecule has 2 rings (SSSR count). The zero-order chi connectivity index (χ0) is 21.8. The molecule has 0 fully saturated rings. The molecule has 1 heterocycles. The second-order valence-electron chi connectivity index (χ2n) is 7.15. The van der Waals surface area contributed by atoms with Crippen molar-refractivity contribution in [2.75, 3.05) is 32.8 Å². The van der Waals surface area contributed by atoms with Crippen LogP contribution < -0.4 is 5.32 Å². The fraction of sp³-hybridized carbons (Fsp3) is 0.478. The van der Waals surface area contributed by atoms with Crippen LogP contribution in [0.4, 0.5) is 4.79 Å². The van der Waals surface area contributed by atoms with Crippen molar-refractivity contribution in [3.8, 4) is 0 Å². The number of nitrogens with one attached hydrogen (secondary N) is 1. The molecular formula is C23H34N4O3. The van der Waals surface area contributed by atoms with Gasteiger partial charge in [0, 0.05) is 51.8 Å². The Morgan fingerprint density at radius 3 is 2.43 bits per heavy atom. The molecule has 0 aliphatic rings. The predicted octanol–water partition coefficient (Wildman–Crippen LogP) is 3.01. The van der Waals surface area contributed by atoms with E-state index in [2.05, 4.69) is 5.32 Å². The molecular weight excluding hydrogens is 380 g/mol. The predicted molar refractivity (Wildman–Crippen MR) is 118 cm³/mol. The summed E-state index contributed by atoms with van der Waals surface area (Å²) in [7, 11) is 1.97. The van der Waals surface area contributed by atoms with Gasteiger partial charge in [-0.25, -0.2) is 4.79 Å². The van der Waals surface area contributed by atoms with Gasteiger partial charge < -0.3 is 24.4 Å². The van der Waals surface area contributed by atoms with Crippen LogP contribution in [0.25, 0.3) is 0 Å². The monoisotopic (exact) mass is 414 g/mol. The second-order valence-corrected chi connectivity index (χ2v) is 7.15. The highest BCUT2D eigenvalue weighted by molar-refractivity contribution is 5.84. The molecule has 7 heteroatoms. The van der Waals surface area contributed by atoms with E-state index in [4.69, 9.17) is 4.74 Å². The van der Waals surface area contributed by atoms with Gasteiger partial charge in [-0.2, -0.15) is 0 Å². The normalized spacial score (nSPS) is 10.6. The Bertz CT molecular complexity index is 776. The number of urea groups is 1. The van der Waals surface area contributed by atoms with Crippen LogP contribution in [0, 0.1) is 0 Å². The van der Waals surface area contributed by atoms with Crippen molar-refractivity contribution in [2.24, 2.45) is 7.05 Å². The van der Waals surface area contributed by atoms with Crippen LogP contribution in [0.5, 0.6) is 0 Å². The molecule has 3 amide bonds. The molecule has 0 saturated carbocycles. The minimum atomic E-state index is -0.221. The quantitative estimate of drug-likeness (QED) is 0.543. The van der Waals surface area contributed by atoms with Gasteiger partial charge in [-0.15, -0.1) is 0 Å². The average molecular weight is 415 g/mol. The highest BCUT2D eigenvalue weighted by Gasteiger charge is 2.22. The van der Waals surface area contributed by atoms with E-state index in [1.807, 2.05) is 74.1 Å². The summed E-state index contributed by atoms with van der Waals surface area (Å²) in [6.07, 6.45) is 2.66. The number of aryl methyl sites for hydroxylation is 1. The van der Waals surface area contributed by atoms with Gasteiger partial charge in [0.1, 0.15) is 6.54 Å². The second kappa shape index (κ2) is 12.7. The first-order chi connectivity index (χ1) is 14.5. The van der Waals surface area contributed by atoms with Gasteiger partial charge in [-0.3, -0.25) is 4.79 Å². The maximum absolute atomic E-state index is 13.3. The van der Waals surface area contributed by atoms with Crippen molar-refractivity contribution in [1.29, 1.82) is 0 Å². The first kappa shape index (κ1) is 23.5. The number of carbonyl (C=O) groups is 2. The molecule has 164 valence electrons. The van der Waals surface area contributed by atoms with Crippen molar-refractivity contribution in [3.05, 3.63) is 59.9 Å². The van der Waals surface area contributed by atoms with Gasteiger partial charge in [0.05, 0.1) is 6.54 Å². The van der Waals surface area contributed by atoms with Gasteiger partial charge >= 0.3 is 6.03 Å². The van der Waals surface area contributed by atoms with E-state index in [0.717, 1.165) is 11.3 Å². The Labute approximate surface area is 179 Å². The number of rotatable bonds is 12. The Hall–Kier alpha value is -2.80. The number of amides is 3. The fourth-order valence-corrected chi connectivity index (χ4v) is 3.17. The molecule has 0 aliphatic heterocycles. The lowest BCUT2D eigenvalue weighted by atomic mass is 10.2. The largest absolute Gasteiger partial charge is 0.382 e. The lowest BCUT2D eigenvalue weighted by Crippen LogP contribution is -2.47. The SMILES string of the molecule is CCNC(=O)N(CCCOCC)CC(=O)N(Cc1ccccc1)Cc1cccn1C. The Balaban J connectivity index is 2.11. The first-order valence-electron chi connectivity index (χ1n) is 10.6. The molecule has 0 spiro atoms. The molecule has 0 saturated heterocycles. The van der Waals surface area contributed by atoms with Crippen LogP contribution in [0.2, 0.25) is 0 Å². The van der Waals surface area contributed by atoms with Crippen LogP contribution in [-0.4, -0.2) is 59.2 Å². The number of benzene rings is 1. The lowest BCUT2D eigenvalue weighted by Gasteiger charge is -2.28. The third kappa shape index (κ3) is 7.55. The van der Waals surface area contributed by atoms with Crippen LogP contribution in [-0.2, 0) is 29.7 Å². The number of hydrogen-bond acceptors (Lipinski definition) is 3. The first-order valence-corrected chi connectivity index (χ1v) is 10.6. The molecule has 2 aromatic rings. The van der Waals surface area contributed by atoms with Crippen molar-refractivity contribution < 1.29 is 14.3 Å². The zero-order valence-electron chi connectivity index (χ0n) is 18.3. The highest BCUT2D eigenvalue weighted by Crippen LogP contribution is 2.12. The van der Waals surface area contributed by atoms with E-state index in [1.165, 1.54) is 0 Å². The summed E-state index contributed by atoms with van der Waals surface area (Å²) in [5.41, 5.74) is 2.10. The number of carbonyl (C=O) groups excluding carboxylic acids is 2. The molecule has 1 N–H and O–H groups in total. The van der Waals surface area contributed by atoms with Gasteiger partial charge in [0.2, 0.25) is 5.91 Å². The summed E-state index contributed by atoms with van der Waals surface area (Å²) in [4.78, 5) is 29.1. The Morgan fingerprint density at radius 1 is 1.03 bits per heavy atom. The van der Waals surface area contributed by atoms with Gasteiger partial charge in [-0.1, -0.05) is 30.3 Å². The molecule has 1 aromatic heterocycles. The van der Waals surface area contributed by atoms with Crippen molar-refractivity contribution >= 4 is 11.9 Å². The van der Waals surface area contributed by atoms with Crippen LogP contribution in [0.1, 0.15) is 31.5 Å². The molecule has 0 atom stereocenters. The maximum Gasteiger partial charge on any atom is 0.317 e. The maximum atomic E-state index is 13.3. The van der Waals surface area contributed by atoms with Gasteiger partial charge in [0.15, 0.2) is 0 Å². The number of aromatic nitrogens is 1. The van der Waals surface area contributed by atoms with E-state index < -0.39 is 0 Å². The van der Waals surface area contributed by atoms with E-state index in [9.17, 15) is 9.59 Å². The standard InChI is InChI=1S/C23H34N4O3/c1-4-24-23(29)26(15-10-16-30-5-2)19-22(28)27(17-20-11-7-6-8-12-20)18-21-13-9-14-25(21)3/h6-9,11-14H,4-5,10,15-19H2,1-3H3,(H,24,29). The van der Waals surface area contributed by atoms with Gasteiger partial charge in [-0.05, 0) is 38.0 Å². The minimum absolute atomic E-state index is 0.0369. The van der Waals surface area contributed by atoms with Gasteiger partial charge in [0.25, 0.3) is 0 Å². The number of nitrogens with zero attached hydrogens (tertiary/aromatic N) is 3. The molecule has 0 unspecified atom stereocenters. The fourth-order valence-electron chi connectivity index (χ4n) is 3.17. The topological polar surface area (TPSA) is 66.8 Å². The van der Waals surface area contributed by atoms with Crippen LogP contribution in [0.3, 0.4) is 0 Å². The number of ether oxygens (including phenoxy) is 1. The summed E-state index contributed by atoms with van der Waals surface area (Å²) >= 11 is 0. The van der Waals surface area contributed by atoms with E-state index in [0.29, 0.717) is 45.8 Å². The molecule has 0 aliphatic carbocycles. The third-order valence-corrected chi connectivity index (χ3v) is 4.84. The van der Waals surface area contributed by atoms with E-state index in [-0.39, 0.29) is 18.5 Å². The minimum Gasteiger partial charge on any atom is -0.382 e. The van der Waals surface area contributed by atoms with Crippen molar-refractivity contribution in [3.63, 3.8) is 0 Å². The smallest absolute Gasteiger partial charge is 0.317 e. The molecule has 1 aromatic carbocycles. The van der Waals surface area contributed by atoms with E-state index in [1.54, 1.807) is 9.80 Å². The average Bonchev–Trinajstić information content (AvgIpc) is 3.15. The zero-order valence-corrected chi connectivity index (χ0v) is 18.3. The summed E-state index contributed by atoms with van der Waals surface area (Å²) in [6, 6.07) is 13.7. The Morgan fingerprint density at radius 2 is 1.80 bits per heavy atom. The van der Waals surface area contributed by atoms with Crippen molar-refractivity contribution in [2.45, 2.75) is 33.4 Å².